The predicted octanol–water partition coefficient (Wildman–Crippen LogP) is 5.82. The van der Waals surface area contributed by atoms with Crippen LogP contribution in [0.3, 0.4) is 0 Å². The fraction of sp³-hybridized carbons (Fsp3) is 0.320. The number of ketones is 1. The van der Waals surface area contributed by atoms with E-state index in [1.54, 1.807) is 29.4 Å². The largest absolute Gasteiger partial charge is 0.348 e. The Balaban J connectivity index is 1.32. The van der Waals surface area contributed by atoms with Crippen LogP contribution in [0.1, 0.15) is 44.2 Å². The van der Waals surface area contributed by atoms with Crippen LogP contribution in [-0.4, -0.2) is 26.1 Å². The van der Waals surface area contributed by atoms with E-state index in [1.807, 2.05) is 12.1 Å². The molecule has 4 nitrogen and oxygen atoms in total. The Morgan fingerprint density at radius 2 is 2.00 bits per heavy atom. The molecule has 0 radical (unpaired) electrons. The molecule has 0 saturated carbocycles. The SMILES string of the molecule is Cc1cc(C(=O)CSc2ncnc3sc4c(c23)CCC4)c(C)n1CCc1ccccc1. The van der Waals surface area contributed by atoms with Crippen molar-refractivity contribution < 1.29 is 4.79 Å². The lowest BCUT2D eigenvalue weighted by atomic mass is 10.1. The molecule has 0 fully saturated rings. The number of thioether (sulfide) groups is 1. The molecule has 0 N–H and O–H groups in total. The highest BCUT2D eigenvalue weighted by molar-refractivity contribution is 8.00. The summed E-state index contributed by atoms with van der Waals surface area (Å²) < 4.78 is 2.26. The van der Waals surface area contributed by atoms with E-state index in [4.69, 9.17) is 0 Å². The van der Waals surface area contributed by atoms with E-state index < -0.39 is 0 Å². The maximum absolute atomic E-state index is 13.1. The molecule has 158 valence electrons. The summed E-state index contributed by atoms with van der Waals surface area (Å²) in [5.74, 6) is 0.572. The van der Waals surface area contributed by atoms with Gasteiger partial charge in [-0.1, -0.05) is 42.1 Å². The van der Waals surface area contributed by atoms with Crippen molar-refractivity contribution in [1.29, 1.82) is 0 Å². The number of nitrogens with zero attached hydrogens (tertiary/aromatic N) is 3. The second-order valence-electron chi connectivity index (χ2n) is 8.10. The Hall–Kier alpha value is -2.44. The van der Waals surface area contributed by atoms with Crippen LogP contribution in [0.5, 0.6) is 0 Å². The summed E-state index contributed by atoms with van der Waals surface area (Å²) in [6, 6.07) is 12.5. The van der Waals surface area contributed by atoms with Gasteiger partial charge in [0, 0.05) is 33.8 Å². The van der Waals surface area contributed by atoms with Crippen LogP contribution in [0, 0.1) is 13.8 Å². The molecule has 0 aliphatic heterocycles. The van der Waals surface area contributed by atoms with Gasteiger partial charge >= 0.3 is 0 Å². The van der Waals surface area contributed by atoms with E-state index >= 15 is 0 Å². The van der Waals surface area contributed by atoms with Crippen molar-refractivity contribution in [3.8, 4) is 0 Å². The fourth-order valence-electron chi connectivity index (χ4n) is 4.53. The van der Waals surface area contributed by atoms with Crippen LogP contribution < -0.4 is 0 Å². The average Bonchev–Trinajstić information content (AvgIpc) is 3.45. The summed E-state index contributed by atoms with van der Waals surface area (Å²) in [5, 5.41) is 2.14. The monoisotopic (exact) mass is 447 g/mol. The van der Waals surface area contributed by atoms with Gasteiger partial charge in [-0.15, -0.1) is 11.3 Å². The van der Waals surface area contributed by atoms with Crippen LogP contribution in [-0.2, 0) is 25.8 Å². The molecule has 0 amide bonds. The van der Waals surface area contributed by atoms with Crippen molar-refractivity contribution in [2.24, 2.45) is 0 Å². The maximum atomic E-state index is 13.1. The maximum Gasteiger partial charge on any atom is 0.174 e. The molecule has 1 aliphatic carbocycles. The fourth-order valence-corrected chi connectivity index (χ4v) is 6.74. The van der Waals surface area contributed by atoms with Gasteiger partial charge < -0.3 is 4.57 Å². The van der Waals surface area contributed by atoms with Crippen LogP contribution >= 0.6 is 23.1 Å². The lowest BCUT2D eigenvalue weighted by Gasteiger charge is -2.10. The number of aromatic nitrogens is 3. The van der Waals surface area contributed by atoms with E-state index in [9.17, 15) is 4.79 Å². The minimum Gasteiger partial charge on any atom is -0.348 e. The Morgan fingerprint density at radius 3 is 2.84 bits per heavy atom. The molecular weight excluding hydrogens is 422 g/mol. The first-order chi connectivity index (χ1) is 15.1. The Bertz CT molecular complexity index is 1260. The third-order valence-corrected chi connectivity index (χ3v) is 8.34. The highest BCUT2D eigenvalue weighted by Crippen LogP contribution is 2.40. The van der Waals surface area contributed by atoms with Crippen molar-refractivity contribution in [3.63, 3.8) is 0 Å². The van der Waals surface area contributed by atoms with E-state index in [0.29, 0.717) is 5.75 Å². The topological polar surface area (TPSA) is 47.8 Å². The molecule has 0 atom stereocenters. The molecule has 31 heavy (non-hydrogen) atoms. The smallest absolute Gasteiger partial charge is 0.174 e. The van der Waals surface area contributed by atoms with Crippen molar-refractivity contribution >= 4 is 39.1 Å². The molecule has 1 aliphatic rings. The van der Waals surface area contributed by atoms with Gasteiger partial charge in [0.05, 0.1) is 5.75 Å². The second kappa shape index (κ2) is 8.60. The molecule has 0 unspecified atom stereocenters. The van der Waals surface area contributed by atoms with Crippen LogP contribution in [0.15, 0.2) is 47.8 Å². The normalized spacial score (nSPS) is 13.1. The van der Waals surface area contributed by atoms with E-state index in [-0.39, 0.29) is 5.78 Å². The summed E-state index contributed by atoms with van der Waals surface area (Å²) in [4.78, 5) is 24.6. The summed E-state index contributed by atoms with van der Waals surface area (Å²) in [6.07, 6.45) is 6.06. The zero-order valence-corrected chi connectivity index (χ0v) is 19.5. The van der Waals surface area contributed by atoms with Gasteiger partial charge in [-0.2, -0.15) is 0 Å². The molecule has 6 heteroatoms. The second-order valence-corrected chi connectivity index (χ2v) is 10.1. The molecule has 0 bridgehead atoms. The van der Waals surface area contributed by atoms with Gasteiger partial charge in [0.2, 0.25) is 0 Å². The lowest BCUT2D eigenvalue weighted by Crippen LogP contribution is -2.08. The molecule has 0 spiro atoms. The van der Waals surface area contributed by atoms with Crippen LogP contribution in [0.4, 0.5) is 0 Å². The highest BCUT2D eigenvalue weighted by Gasteiger charge is 2.22. The molecule has 3 heterocycles. The summed E-state index contributed by atoms with van der Waals surface area (Å²) in [6.45, 7) is 5.03. The number of fused-ring (bicyclic) bond motifs is 3. The first-order valence-electron chi connectivity index (χ1n) is 10.7. The van der Waals surface area contributed by atoms with Gasteiger partial charge in [-0.05, 0) is 56.7 Å². The number of thiophene rings is 1. The molecule has 0 saturated heterocycles. The molecule has 4 aromatic rings. The number of rotatable bonds is 7. The minimum atomic E-state index is 0.169. The molecule has 3 aromatic heterocycles. The van der Waals surface area contributed by atoms with Gasteiger partial charge in [-0.3, -0.25) is 4.79 Å². The summed E-state index contributed by atoms with van der Waals surface area (Å²) in [5.41, 5.74) is 5.76. The van der Waals surface area contributed by atoms with Crippen molar-refractivity contribution in [3.05, 3.63) is 75.7 Å². The zero-order chi connectivity index (χ0) is 21.4. The number of carbonyl (C=O) groups is 1. The first-order valence-corrected chi connectivity index (χ1v) is 12.5. The Morgan fingerprint density at radius 1 is 1.16 bits per heavy atom. The zero-order valence-electron chi connectivity index (χ0n) is 17.9. The highest BCUT2D eigenvalue weighted by atomic mass is 32.2. The predicted molar refractivity (Wildman–Crippen MR) is 129 cm³/mol. The first kappa shape index (κ1) is 20.5. The molecular formula is C25H25N3OS2. The van der Waals surface area contributed by atoms with E-state index in [2.05, 4.69) is 52.6 Å². The number of hydrogen-bond acceptors (Lipinski definition) is 5. The summed E-state index contributed by atoms with van der Waals surface area (Å²) >= 11 is 3.34. The molecule has 5 rings (SSSR count). The van der Waals surface area contributed by atoms with E-state index in [1.165, 1.54) is 27.8 Å². The number of carbonyl (C=O) groups excluding carboxylic acids is 1. The van der Waals surface area contributed by atoms with E-state index in [0.717, 1.165) is 52.6 Å². The third kappa shape index (κ3) is 3.94. The number of benzene rings is 1. The number of Topliss-reactive ketones (excluding diaryl/α,β-unsaturated/α-hetero) is 1. The van der Waals surface area contributed by atoms with Gasteiger partial charge in [0.15, 0.2) is 5.78 Å². The standard InChI is InChI=1S/C25H25N3OS2/c1-16-13-20(17(2)28(16)12-11-18-7-4-3-5-8-18)21(29)14-30-24-23-19-9-6-10-22(19)31-25(23)27-15-26-24/h3-5,7-8,13,15H,6,9-12,14H2,1-2H3. The van der Waals surface area contributed by atoms with Crippen molar-refractivity contribution in [2.45, 2.75) is 51.1 Å². The lowest BCUT2D eigenvalue weighted by molar-refractivity contribution is 0.102. The van der Waals surface area contributed by atoms with Crippen LogP contribution in [0.25, 0.3) is 10.2 Å². The number of hydrogen-bond donors (Lipinski definition) is 0. The average molecular weight is 448 g/mol. The quantitative estimate of drug-likeness (QED) is 0.204. The third-order valence-electron chi connectivity index (χ3n) is 6.15. The Labute approximate surface area is 190 Å². The van der Waals surface area contributed by atoms with Gasteiger partial charge in [-0.25, -0.2) is 9.97 Å². The van der Waals surface area contributed by atoms with Gasteiger partial charge in [0.1, 0.15) is 16.2 Å². The molecule has 1 aromatic carbocycles. The van der Waals surface area contributed by atoms with Crippen LogP contribution in [0.2, 0.25) is 0 Å². The Kier molecular flexibility index (Phi) is 5.67. The van der Waals surface area contributed by atoms with Gasteiger partial charge in [0.25, 0.3) is 0 Å². The number of aryl methyl sites for hydroxylation is 4. The summed E-state index contributed by atoms with van der Waals surface area (Å²) in [7, 11) is 0. The van der Waals surface area contributed by atoms with Crippen molar-refractivity contribution in [1.82, 2.24) is 14.5 Å². The minimum absolute atomic E-state index is 0.169. The van der Waals surface area contributed by atoms with Crippen molar-refractivity contribution in [2.75, 3.05) is 5.75 Å².